The van der Waals surface area contributed by atoms with Gasteiger partial charge in [-0.1, -0.05) is 0 Å². The number of benzene rings is 1. The van der Waals surface area contributed by atoms with Gasteiger partial charge in [-0.15, -0.1) is 0 Å². The zero-order valence-corrected chi connectivity index (χ0v) is 19.0. The topological polar surface area (TPSA) is 87.5 Å². The quantitative estimate of drug-likeness (QED) is 0.507. The summed E-state index contributed by atoms with van der Waals surface area (Å²) in [4.78, 5) is 21.1. The van der Waals surface area contributed by atoms with Crippen LogP contribution in [-0.2, 0) is 4.79 Å². The number of rotatable bonds is 9. The number of nitrogens with one attached hydrogen (secondary N) is 1. The number of hydrogen-bond donors (Lipinski definition) is 1. The predicted octanol–water partition coefficient (Wildman–Crippen LogP) is 3.99. The van der Waals surface area contributed by atoms with Crippen molar-refractivity contribution in [2.75, 3.05) is 20.3 Å². The van der Waals surface area contributed by atoms with Crippen molar-refractivity contribution >= 4 is 16.9 Å². The van der Waals surface area contributed by atoms with E-state index in [-0.39, 0.29) is 23.7 Å². The lowest BCUT2D eigenvalue weighted by atomic mass is 10.0. The van der Waals surface area contributed by atoms with Gasteiger partial charge in [0.25, 0.3) is 6.43 Å². The van der Waals surface area contributed by atoms with Crippen molar-refractivity contribution in [1.82, 2.24) is 19.9 Å². The van der Waals surface area contributed by atoms with Crippen LogP contribution in [-0.4, -0.2) is 53.2 Å². The van der Waals surface area contributed by atoms with E-state index in [1.165, 1.54) is 7.11 Å². The molecule has 0 bridgehead atoms. The Kier molecular flexibility index (Phi) is 5.97. The molecule has 3 heterocycles. The first-order chi connectivity index (χ1) is 16.4. The monoisotopic (exact) mass is 472 g/mol. The third kappa shape index (κ3) is 4.49. The highest BCUT2D eigenvalue weighted by molar-refractivity contribution is 5.85. The number of carbonyl (C=O) groups is 1. The molecule has 1 aliphatic carbocycles. The highest BCUT2D eigenvalue weighted by Crippen LogP contribution is 2.41. The molecule has 3 aromatic rings. The zero-order valence-electron chi connectivity index (χ0n) is 19.0. The van der Waals surface area contributed by atoms with Gasteiger partial charge in [0.05, 0.1) is 24.6 Å². The number of alkyl halides is 2. The number of methoxy groups -OCH3 is 1. The maximum Gasteiger partial charge on any atom is 0.272 e. The van der Waals surface area contributed by atoms with Crippen LogP contribution >= 0.6 is 0 Å². The van der Waals surface area contributed by atoms with E-state index in [4.69, 9.17) is 19.2 Å². The molecule has 1 N–H and O–H groups in total. The summed E-state index contributed by atoms with van der Waals surface area (Å²) in [6, 6.07) is 7.28. The number of hydrogen-bond acceptors (Lipinski definition) is 6. The summed E-state index contributed by atoms with van der Waals surface area (Å²) in [7, 11) is 1.45. The Labute approximate surface area is 195 Å². The normalized spacial score (nSPS) is 18.9. The van der Waals surface area contributed by atoms with Gasteiger partial charge in [-0.25, -0.2) is 18.7 Å². The molecule has 2 fully saturated rings. The Hall–Kier alpha value is -3.43. The molecule has 0 unspecified atom stereocenters. The summed E-state index contributed by atoms with van der Waals surface area (Å²) in [5, 5.41) is 2.85. The van der Waals surface area contributed by atoms with Crippen LogP contribution in [0.5, 0.6) is 17.4 Å². The number of aromatic nitrogens is 3. The maximum absolute atomic E-state index is 12.6. The summed E-state index contributed by atoms with van der Waals surface area (Å²) in [5.74, 6) is 1.10. The summed E-state index contributed by atoms with van der Waals surface area (Å²) < 4.78 is 44.1. The second kappa shape index (κ2) is 9.08. The van der Waals surface area contributed by atoms with E-state index in [1.54, 1.807) is 18.2 Å². The largest absolute Gasteiger partial charge is 0.493 e. The van der Waals surface area contributed by atoms with Gasteiger partial charge in [-0.2, -0.15) is 0 Å². The molecule has 2 aromatic heterocycles. The number of amides is 1. The van der Waals surface area contributed by atoms with Gasteiger partial charge in [0.1, 0.15) is 18.2 Å². The highest BCUT2D eigenvalue weighted by Gasteiger charge is 2.31. The second-order valence-corrected chi connectivity index (χ2v) is 8.72. The third-order valence-corrected chi connectivity index (χ3v) is 6.25. The van der Waals surface area contributed by atoms with Crippen LogP contribution in [0, 0.1) is 5.92 Å². The van der Waals surface area contributed by atoms with Crippen molar-refractivity contribution in [3.05, 3.63) is 30.6 Å². The summed E-state index contributed by atoms with van der Waals surface area (Å²) >= 11 is 0. The van der Waals surface area contributed by atoms with Crippen molar-refractivity contribution in [2.45, 2.75) is 44.8 Å². The second-order valence-electron chi connectivity index (χ2n) is 8.72. The van der Waals surface area contributed by atoms with E-state index in [0.29, 0.717) is 41.9 Å². The van der Waals surface area contributed by atoms with Crippen LogP contribution in [0.2, 0.25) is 0 Å². The van der Waals surface area contributed by atoms with Gasteiger partial charge < -0.3 is 24.1 Å². The fourth-order valence-electron chi connectivity index (χ4n) is 4.22. The minimum absolute atomic E-state index is 0.0246. The molecular weight excluding hydrogens is 446 g/mol. The molecule has 180 valence electrons. The molecule has 1 aromatic carbocycles. The number of pyridine rings is 1. The third-order valence-electron chi connectivity index (χ3n) is 6.25. The van der Waals surface area contributed by atoms with Gasteiger partial charge in [-0.05, 0) is 44.0 Å². The molecule has 8 nitrogen and oxygen atoms in total. The Morgan fingerprint density at radius 3 is 2.74 bits per heavy atom. The van der Waals surface area contributed by atoms with E-state index in [2.05, 4.69) is 14.9 Å². The smallest absolute Gasteiger partial charge is 0.272 e. The fraction of sp³-hybridized carbons (Fsp3) is 0.458. The summed E-state index contributed by atoms with van der Waals surface area (Å²) in [6.45, 7) is 1.80. The van der Waals surface area contributed by atoms with E-state index in [9.17, 15) is 13.6 Å². The molecule has 1 saturated heterocycles. The SMILES string of the molecule is COc1cc(-c2cc3ncn(C4CC4)c3c(O[C@H](C)[C@H]3CNC(=O)C3)n2)ccc1OCC(F)F. The first-order valence-corrected chi connectivity index (χ1v) is 11.3. The molecule has 0 radical (unpaired) electrons. The number of nitrogens with zero attached hydrogens (tertiary/aromatic N) is 3. The first-order valence-electron chi connectivity index (χ1n) is 11.3. The van der Waals surface area contributed by atoms with Crippen LogP contribution in [0.25, 0.3) is 22.3 Å². The number of ether oxygens (including phenoxy) is 3. The minimum Gasteiger partial charge on any atom is -0.493 e. The Balaban J connectivity index is 1.51. The number of imidazole rings is 1. The predicted molar refractivity (Wildman–Crippen MR) is 120 cm³/mol. The van der Waals surface area contributed by atoms with Crippen molar-refractivity contribution in [2.24, 2.45) is 5.92 Å². The van der Waals surface area contributed by atoms with Crippen LogP contribution in [0.3, 0.4) is 0 Å². The molecular formula is C24H26F2N4O4. The van der Waals surface area contributed by atoms with Gasteiger partial charge in [0, 0.05) is 30.5 Å². The average Bonchev–Trinajstić information content (AvgIpc) is 3.42. The van der Waals surface area contributed by atoms with Gasteiger partial charge in [0.15, 0.2) is 11.5 Å². The Bertz CT molecular complexity index is 1210. The molecule has 2 atom stereocenters. The molecule has 0 spiro atoms. The minimum atomic E-state index is -2.58. The van der Waals surface area contributed by atoms with E-state index in [0.717, 1.165) is 23.9 Å². The van der Waals surface area contributed by atoms with Crippen LogP contribution < -0.4 is 19.5 Å². The number of halogens is 2. The van der Waals surface area contributed by atoms with Crippen molar-refractivity contribution in [3.63, 3.8) is 0 Å². The van der Waals surface area contributed by atoms with E-state index >= 15 is 0 Å². The molecule has 5 rings (SSSR count). The summed E-state index contributed by atoms with van der Waals surface area (Å²) in [6.07, 6.45) is 1.59. The molecule has 34 heavy (non-hydrogen) atoms. The van der Waals surface area contributed by atoms with E-state index < -0.39 is 13.0 Å². The van der Waals surface area contributed by atoms with Crippen LogP contribution in [0.1, 0.15) is 32.2 Å². The molecule has 2 aliphatic rings. The lowest BCUT2D eigenvalue weighted by Crippen LogP contribution is -2.26. The number of fused-ring (bicyclic) bond motifs is 1. The fourth-order valence-corrected chi connectivity index (χ4v) is 4.22. The molecule has 1 saturated carbocycles. The molecule has 1 amide bonds. The average molecular weight is 472 g/mol. The van der Waals surface area contributed by atoms with Gasteiger partial charge in [-0.3, -0.25) is 4.79 Å². The Morgan fingerprint density at radius 1 is 1.24 bits per heavy atom. The van der Waals surface area contributed by atoms with Crippen molar-refractivity contribution in [1.29, 1.82) is 0 Å². The molecule has 10 heteroatoms. The highest BCUT2D eigenvalue weighted by atomic mass is 19.3. The van der Waals surface area contributed by atoms with Crippen LogP contribution in [0.15, 0.2) is 30.6 Å². The van der Waals surface area contributed by atoms with Gasteiger partial charge >= 0.3 is 0 Å². The standard InChI is InChI=1S/C24H26F2N4O4/c1-13(15-8-22(31)27-10-15)34-24-23-18(28-12-30(23)16-4-5-16)9-17(29-24)14-3-6-19(20(7-14)32-2)33-11-21(25)26/h3,6-7,9,12-13,15-16,21H,4-5,8,10-11H2,1-2H3,(H,27,31)/t13-,15-/m1/s1. The number of carbonyl (C=O) groups excluding carboxylic acids is 1. The Morgan fingerprint density at radius 2 is 2.06 bits per heavy atom. The van der Waals surface area contributed by atoms with Gasteiger partial charge in [0.2, 0.25) is 11.8 Å². The molecule has 1 aliphatic heterocycles. The lowest BCUT2D eigenvalue weighted by molar-refractivity contribution is -0.119. The van der Waals surface area contributed by atoms with Crippen molar-refractivity contribution < 1.29 is 27.8 Å². The first kappa shape index (κ1) is 22.4. The summed E-state index contributed by atoms with van der Waals surface area (Å²) in [5.41, 5.74) is 2.89. The van der Waals surface area contributed by atoms with E-state index in [1.807, 2.05) is 19.3 Å². The van der Waals surface area contributed by atoms with Crippen molar-refractivity contribution in [3.8, 4) is 28.6 Å². The lowest BCUT2D eigenvalue weighted by Gasteiger charge is -2.20. The van der Waals surface area contributed by atoms with Crippen LogP contribution in [0.4, 0.5) is 8.78 Å². The maximum atomic E-state index is 12.6. The zero-order chi connectivity index (χ0) is 23.8.